The lowest BCUT2D eigenvalue weighted by Gasteiger charge is -2.20. The van der Waals surface area contributed by atoms with Crippen LogP contribution >= 0.6 is 22.9 Å². The van der Waals surface area contributed by atoms with Crippen LogP contribution in [-0.2, 0) is 11.2 Å². The number of halogens is 1. The van der Waals surface area contributed by atoms with Crippen LogP contribution in [0.15, 0.2) is 11.4 Å². The predicted molar refractivity (Wildman–Crippen MR) is 47.4 cm³/mol. The normalized spacial score (nSPS) is 23.2. The van der Waals surface area contributed by atoms with Crippen LogP contribution in [-0.4, -0.2) is 12.5 Å². The summed E-state index contributed by atoms with van der Waals surface area (Å²) in [5.74, 6) is 0.573. The number of thiophene rings is 1. The van der Waals surface area contributed by atoms with E-state index in [1.165, 1.54) is 10.4 Å². The summed E-state index contributed by atoms with van der Waals surface area (Å²) in [5.41, 5.74) is 1.30. The Morgan fingerprint density at radius 3 is 3.45 bits per heavy atom. The summed E-state index contributed by atoms with van der Waals surface area (Å²) < 4.78 is 5.49. The Bertz CT molecular complexity index is 246. The molecule has 1 unspecified atom stereocenters. The third-order valence-corrected chi connectivity index (χ3v) is 3.19. The van der Waals surface area contributed by atoms with E-state index in [9.17, 15) is 0 Å². The predicted octanol–water partition coefficient (Wildman–Crippen LogP) is 2.60. The van der Waals surface area contributed by atoms with Crippen molar-refractivity contribution in [2.75, 3.05) is 12.5 Å². The van der Waals surface area contributed by atoms with Gasteiger partial charge in [0.1, 0.15) is 0 Å². The van der Waals surface area contributed by atoms with Crippen molar-refractivity contribution in [1.29, 1.82) is 0 Å². The van der Waals surface area contributed by atoms with Gasteiger partial charge >= 0.3 is 0 Å². The SMILES string of the molecule is ClCC1OCCc2sccc21. The first-order chi connectivity index (χ1) is 5.42. The largest absolute Gasteiger partial charge is 0.372 e. The van der Waals surface area contributed by atoms with Gasteiger partial charge in [0.05, 0.1) is 18.6 Å². The minimum absolute atomic E-state index is 0.145. The first-order valence-corrected chi connectivity index (χ1v) is 5.07. The molecule has 11 heavy (non-hydrogen) atoms. The summed E-state index contributed by atoms with van der Waals surface area (Å²) in [5, 5.41) is 2.11. The van der Waals surface area contributed by atoms with E-state index in [1.54, 1.807) is 11.3 Å². The van der Waals surface area contributed by atoms with E-state index < -0.39 is 0 Å². The molecule has 0 N–H and O–H groups in total. The fraction of sp³-hybridized carbons (Fsp3) is 0.500. The molecule has 1 aliphatic heterocycles. The highest BCUT2D eigenvalue weighted by Crippen LogP contribution is 2.31. The average Bonchev–Trinajstić information content (AvgIpc) is 2.50. The number of fused-ring (bicyclic) bond motifs is 1. The Morgan fingerprint density at radius 1 is 1.73 bits per heavy atom. The third-order valence-electron chi connectivity index (χ3n) is 1.92. The number of alkyl halides is 1. The van der Waals surface area contributed by atoms with Gasteiger partial charge in [-0.1, -0.05) is 0 Å². The quantitative estimate of drug-likeness (QED) is 0.616. The number of hydrogen-bond donors (Lipinski definition) is 0. The van der Waals surface area contributed by atoms with Crippen molar-refractivity contribution in [1.82, 2.24) is 0 Å². The Balaban J connectivity index is 2.32. The second-order valence-corrected chi connectivity index (χ2v) is 3.87. The molecule has 1 aromatic heterocycles. The van der Waals surface area contributed by atoms with E-state index in [4.69, 9.17) is 16.3 Å². The topological polar surface area (TPSA) is 9.23 Å². The highest BCUT2D eigenvalue weighted by molar-refractivity contribution is 7.10. The van der Waals surface area contributed by atoms with E-state index in [2.05, 4.69) is 11.4 Å². The van der Waals surface area contributed by atoms with Crippen molar-refractivity contribution < 1.29 is 4.74 Å². The summed E-state index contributed by atoms with van der Waals surface area (Å²) in [7, 11) is 0. The molecular formula is C8H9ClOS. The van der Waals surface area contributed by atoms with Crippen molar-refractivity contribution in [3.05, 3.63) is 21.9 Å². The molecule has 0 spiro atoms. The van der Waals surface area contributed by atoms with E-state index in [0.717, 1.165) is 13.0 Å². The van der Waals surface area contributed by atoms with E-state index in [1.807, 2.05) is 0 Å². The summed E-state index contributed by atoms with van der Waals surface area (Å²) >= 11 is 7.55. The van der Waals surface area contributed by atoms with Gasteiger partial charge < -0.3 is 4.74 Å². The zero-order chi connectivity index (χ0) is 7.68. The van der Waals surface area contributed by atoms with Gasteiger partial charge in [0.25, 0.3) is 0 Å². The van der Waals surface area contributed by atoms with Crippen LogP contribution in [0.25, 0.3) is 0 Å². The van der Waals surface area contributed by atoms with Gasteiger partial charge in [0.2, 0.25) is 0 Å². The fourth-order valence-corrected chi connectivity index (χ4v) is 2.52. The first kappa shape index (κ1) is 7.59. The lowest BCUT2D eigenvalue weighted by molar-refractivity contribution is 0.0592. The highest BCUT2D eigenvalue weighted by atomic mass is 35.5. The Kier molecular flexibility index (Phi) is 2.16. The summed E-state index contributed by atoms with van der Waals surface area (Å²) in [4.78, 5) is 1.45. The van der Waals surface area contributed by atoms with Crippen LogP contribution in [0.2, 0.25) is 0 Å². The minimum atomic E-state index is 0.145. The third kappa shape index (κ3) is 1.31. The molecule has 3 heteroatoms. The molecule has 60 valence electrons. The summed E-state index contributed by atoms with van der Waals surface area (Å²) in [6.45, 7) is 0.824. The molecule has 1 aromatic rings. The zero-order valence-corrected chi connectivity index (χ0v) is 7.62. The van der Waals surface area contributed by atoms with Gasteiger partial charge in [-0.3, -0.25) is 0 Å². The molecule has 2 rings (SSSR count). The lowest BCUT2D eigenvalue weighted by atomic mass is 10.1. The molecule has 2 heterocycles. The standard InChI is InChI=1S/C8H9ClOS/c9-5-7-6-2-4-11-8(6)1-3-10-7/h2,4,7H,1,3,5H2. The maximum atomic E-state index is 5.74. The second-order valence-electron chi connectivity index (χ2n) is 2.56. The summed E-state index contributed by atoms with van der Waals surface area (Å²) in [6, 6.07) is 2.12. The van der Waals surface area contributed by atoms with Gasteiger partial charge in [-0.15, -0.1) is 22.9 Å². The molecule has 0 radical (unpaired) electrons. The Morgan fingerprint density at radius 2 is 2.64 bits per heavy atom. The summed E-state index contributed by atoms with van der Waals surface area (Å²) in [6.07, 6.45) is 1.20. The van der Waals surface area contributed by atoms with Crippen LogP contribution < -0.4 is 0 Å². The fourth-order valence-electron chi connectivity index (χ4n) is 1.35. The van der Waals surface area contributed by atoms with E-state index in [-0.39, 0.29) is 6.10 Å². The number of rotatable bonds is 1. The van der Waals surface area contributed by atoms with Crippen molar-refractivity contribution in [2.24, 2.45) is 0 Å². The highest BCUT2D eigenvalue weighted by Gasteiger charge is 2.20. The molecule has 0 aliphatic carbocycles. The molecule has 0 saturated heterocycles. The van der Waals surface area contributed by atoms with Crippen LogP contribution in [0.1, 0.15) is 16.5 Å². The smallest absolute Gasteiger partial charge is 0.0971 e. The van der Waals surface area contributed by atoms with Gasteiger partial charge in [-0.05, 0) is 17.0 Å². The second kappa shape index (κ2) is 3.13. The van der Waals surface area contributed by atoms with Gasteiger partial charge in [-0.25, -0.2) is 0 Å². The average molecular weight is 189 g/mol. The van der Waals surface area contributed by atoms with Crippen molar-refractivity contribution in [2.45, 2.75) is 12.5 Å². The molecular weight excluding hydrogens is 180 g/mol. The molecule has 0 fully saturated rings. The van der Waals surface area contributed by atoms with Crippen molar-refractivity contribution in [3.63, 3.8) is 0 Å². The van der Waals surface area contributed by atoms with Gasteiger partial charge in [-0.2, -0.15) is 0 Å². The monoisotopic (exact) mass is 188 g/mol. The molecule has 1 atom stereocenters. The van der Waals surface area contributed by atoms with Crippen LogP contribution in [0.4, 0.5) is 0 Å². The Labute approximate surface area is 74.9 Å². The maximum absolute atomic E-state index is 5.74. The maximum Gasteiger partial charge on any atom is 0.0971 e. The molecule has 1 aliphatic rings. The lowest BCUT2D eigenvalue weighted by Crippen LogP contribution is -2.14. The van der Waals surface area contributed by atoms with Crippen molar-refractivity contribution in [3.8, 4) is 0 Å². The van der Waals surface area contributed by atoms with Crippen LogP contribution in [0.3, 0.4) is 0 Å². The molecule has 0 amide bonds. The van der Waals surface area contributed by atoms with Gasteiger partial charge in [0, 0.05) is 11.3 Å². The Hall–Kier alpha value is -0.0500. The number of hydrogen-bond acceptors (Lipinski definition) is 2. The zero-order valence-electron chi connectivity index (χ0n) is 6.05. The van der Waals surface area contributed by atoms with Crippen molar-refractivity contribution >= 4 is 22.9 Å². The van der Waals surface area contributed by atoms with Crippen LogP contribution in [0, 0.1) is 0 Å². The van der Waals surface area contributed by atoms with Gasteiger partial charge in [0.15, 0.2) is 0 Å². The van der Waals surface area contributed by atoms with Crippen LogP contribution in [0.5, 0.6) is 0 Å². The molecule has 0 saturated carbocycles. The van der Waals surface area contributed by atoms with E-state index >= 15 is 0 Å². The van der Waals surface area contributed by atoms with E-state index in [0.29, 0.717) is 5.88 Å². The molecule has 0 aromatic carbocycles. The number of ether oxygens (including phenoxy) is 1. The first-order valence-electron chi connectivity index (χ1n) is 3.65. The molecule has 0 bridgehead atoms. The minimum Gasteiger partial charge on any atom is -0.372 e. The molecule has 1 nitrogen and oxygen atoms in total.